The molecule has 0 aromatic rings. The summed E-state index contributed by atoms with van der Waals surface area (Å²) in [6.07, 6.45) is 1.23. The molecule has 1 fully saturated rings. The zero-order chi connectivity index (χ0) is 15.5. The molecule has 2 aliphatic rings. The van der Waals surface area contributed by atoms with E-state index in [1.165, 1.54) is 0 Å². The maximum absolute atomic E-state index is 12.0. The zero-order valence-electron chi connectivity index (χ0n) is 13.2. The highest BCUT2D eigenvalue weighted by Gasteiger charge is 2.39. The van der Waals surface area contributed by atoms with E-state index < -0.39 is 5.60 Å². The number of hydrogen-bond donors (Lipinski definition) is 1. The fourth-order valence-corrected chi connectivity index (χ4v) is 2.39. The van der Waals surface area contributed by atoms with E-state index in [0.717, 1.165) is 26.1 Å². The van der Waals surface area contributed by atoms with Crippen LogP contribution in [0, 0.1) is 0 Å². The summed E-state index contributed by atoms with van der Waals surface area (Å²) in [5, 5.41) is 17.1. The summed E-state index contributed by atoms with van der Waals surface area (Å²) in [4.78, 5) is 16.0. The first-order valence-corrected chi connectivity index (χ1v) is 7.59. The molecular formula is C14H26N4O3. The molecule has 2 rings (SSSR count). The van der Waals surface area contributed by atoms with Gasteiger partial charge in [-0.05, 0) is 20.8 Å². The van der Waals surface area contributed by atoms with Gasteiger partial charge in [-0.25, -0.2) is 4.79 Å². The molecule has 0 atom stereocenters. The van der Waals surface area contributed by atoms with Gasteiger partial charge in [0.25, 0.3) is 0 Å². The molecule has 0 aromatic heterocycles. The summed E-state index contributed by atoms with van der Waals surface area (Å²) in [5.41, 5.74) is -0.767. The lowest BCUT2D eigenvalue weighted by Gasteiger charge is -2.35. The van der Waals surface area contributed by atoms with Crippen LogP contribution in [0.1, 0.15) is 33.6 Å². The molecule has 21 heavy (non-hydrogen) atoms. The van der Waals surface area contributed by atoms with Gasteiger partial charge in [-0.1, -0.05) is 0 Å². The smallest absolute Gasteiger partial charge is 0.410 e. The summed E-state index contributed by atoms with van der Waals surface area (Å²) in [6, 6.07) is 0. The molecule has 0 unspecified atom stereocenters. The monoisotopic (exact) mass is 298 g/mol. The molecule has 0 radical (unpaired) electrons. The van der Waals surface area contributed by atoms with Gasteiger partial charge in [-0.3, -0.25) is 4.90 Å². The highest BCUT2D eigenvalue weighted by Crippen LogP contribution is 2.35. The Morgan fingerprint density at radius 2 is 1.81 bits per heavy atom. The van der Waals surface area contributed by atoms with Crippen LogP contribution in [0.2, 0.25) is 0 Å². The van der Waals surface area contributed by atoms with E-state index in [0.29, 0.717) is 19.5 Å². The SMILES string of the molecule is CC(C)(C)OC(=O)N1CCN(CCC2(CCO)N=N2)CC1. The summed E-state index contributed by atoms with van der Waals surface area (Å²) in [7, 11) is 0. The van der Waals surface area contributed by atoms with Crippen LogP contribution in [-0.2, 0) is 4.74 Å². The first-order chi connectivity index (χ1) is 9.84. The van der Waals surface area contributed by atoms with Gasteiger partial charge in [0, 0.05) is 52.2 Å². The highest BCUT2D eigenvalue weighted by atomic mass is 16.6. The number of carbonyl (C=O) groups excluding carboxylic acids is 1. The summed E-state index contributed by atoms with van der Waals surface area (Å²) in [6.45, 7) is 9.73. The third-order valence-corrected chi connectivity index (χ3v) is 3.75. The van der Waals surface area contributed by atoms with E-state index in [-0.39, 0.29) is 18.4 Å². The molecule has 1 saturated heterocycles. The number of aliphatic hydroxyl groups is 1. The minimum atomic E-state index is -0.445. The van der Waals surface area contributed by atoms with Crippen molar-refractivity contribution in [2.75, 3.05) is 39.3 Å². The van der Waals surface area contributed by atoms with E-state index in [2.05, 4.69) is 15.1 Å². The molecule has 1 N–H and O–H groups in total. The Hall–Kier alpha value is -1.21. The Kier molecular flexibility index (Phi) is 4.83. The number of amides is 1. The molecule has 2 aliphatic heterocycles. The summed E-state index contributed by atoms with van der Waals surface area (Å²) < 4.78 is 5.38. The van der Waals surface area contributed by atoms with Crippen molar-refractivity contribution in [3.05, 3.63) is 0 Å². The molecule has 0 aliphatic carbocycles. The molecule has 7 heteroatoms. The van der Waals surface area contributed by atoms with Gasteiger partial charge in [0.2, 0.25) is 0 Å². The first-order valence-electron chi connectivity index (χ1n) is 7.59. The Balaban J connectivity index is 1.67. The van der Waals surface area contributed by atoms with Gasteiger partial charge < -0.3 is 14.7 Å². The molecule has 7 nitrogen and oxygen atoms in total. The van der Waals surface area contributed by atoms with Crippen LogP contribution in [0.3, 0.4) is 0 Å². The molecule has 120 valence electrons. The summed E-state index contributed by atoms with van der Waals surface area (Å²) >= 11 is 0. The zero-order valence-corrected chi connectivity index (χ0v) is 13.2. The number of hydrogen-bond acceptors (Lipinski definition) is 6. The molecule has 1 amide bonds. The highest BCUT2D eigenvalue weighted by molar-refractivity contribution is 5.68. The second-order valence-electron chi connectivity index (χ2n) is 6.72. The topological polar surface area (TPSA) is 77.7 Å². The lowest BCUT2D eigenvalue weighted by molar-refractivity contribution is 0.0141. The molecule has 0 saturated carbocycles. The number of ether oxygens (including phenoxy) is 1. The van der Waals surface area contributed by atoms with E-state index in [4.69, 9.17) is 9.84 Å². The van der Waals surface area contributed by atoms with E-state index in [1.807, 2.05) is 20.8 Å². The Labute approximate surface area is 126 Å². The van der Waals surface area contributed by atoms with Crippen molar-refractivity contribution in [3.63, 3.8) is 0 Å². The average Bonchev–Trinajstić information content (AvgIpc) is 3.16. The minimum Gasteiger partial charge on any atom is -0.444 e. The van der Waals surface area contributed by atoms with Crippen LogP contribution in [-0.4, -0.2) is 71.6 Å². The first kappa shape index (κ1) is 16.2. The largest absolute Gasteiger partial charge is 0.444 e. The van der Waals surface area contributed by atoms with Gasteiger partial charge in [0.05, 0.1) is 0 Å². The van der Waals surface area contributed by atoms with Crippen LogP contribution < -0.4 is 0 Å². The minimum absolute atomic E-state index is 0.124. The van der Waals surface area contributed by atoms with Gasteiger partial charge >= 0.3 is 6.09 Å². The predicted molar refractivity (Wildman–Crippen MR) is 78.2 cm³/mol. The average molecular weight is 298 g/mol. The van der Waals surface area contributed by atoms with E-state index in [1.54, 1.807) is 4.90 Å². The van der Waals surface area contributed by atoms with E-state index >= 15 is 0 Å². The predicted octanol–water partition coefficient (Wildman–Crippen LogP) is 1.47. The standard InChI is InChI=1S/C14H26N4O3/c1-13(2,3)21-12(20)18-9-7-17(8-10-18)6-4-14(5-11-19)15-16-14/h19H,4-11H2,1-3H3. The Morgan fingerprint density at radius 3 is 2.29 bits per heavy atom. The van der Waals surface area contributed by atoms with Gasteiger partial charge in [0.1, 0.15) is 5.60 Å². The normalized spacial score (nSPS) is 21.4. The van der Waals surface area contributed by atoms with Crippen molar-refractivity contribution < 1.29 is 14.6 Å². The number of carbonyl (C=O) groups is 1. The fourth-order valence-electron chi connectivity index (χ4n) is 2.39. The van der Waals surface area contributed by atoms with Gasteiger partial charge in [-0.2, -0.15) is 10.2 Å². The molecule has 0 aromatic carbocycles. The third-order valence-electron chi connectivity index (χ3n) is 3.75. The van der Waals surface area contributed by atoms with Crippen molar-refractivity contribution in [3.8, 4) is 0 Å². The summed E-state index contributed by atoms with van der Waals surface area (Å²) in [5.74, 6) is 0. The van der Waals surface area contributed by atoms with Crippen molar-refractivity contribution in [1.29, 1.82) is 0 Å². The number of rotatable bonds is 5. The van der Waals surface area contributed by atoms with Crippen molar-refractivity contribution in [2.24, 2.45) is 10.2 Å². The Bertz CT molecular complexity index is 392. The van der Waals surface area contributed by atoms with Crippen LogP contribution in [0.5, 0.6) is 0 Å². The Morgan fingerprint density at radius 1 is 1.19 bits per heavy atom. The van der Waals surface area contributed by atoms with Crippen LogP contribution in [0.15, 0.2) is 10.2 Å². The van der Waals surface area contributed by atoms with Crippen LogP contribution >= 0.6 is 0 Å². The quantitative estimate of drug-likeness (QED) is 0.834. The van der Waals surface area contributed by atoms with E-state index in [9.17, 15) is 4.79 Å². The van der Waals surface area contributed by atoms with Crippen molar-refractivity contribution >= 4 is 6.09 Å². The van der Waals surface area contributed by atoms with Crippen molar-refractivity contribution in [1.82, 2.24) is 9.80 Å². The van der Waals surface area contributed by atoms with Crippen LogP contribution in [0.25, 0.3) is 0 Å². The molecular weight excluding hydrogens is 272 g/mol. The second-order valence-corrected chi connectivity index (χ2v) is 6.72. The molecule has 2 heterocycles. The van der Waals surface area contributed by atoms with Crippen molar-refractivity contribution in [2.45, 2.75) is 44.9 Å². The lowest BCUT2D eigenvalue weighted by atomic mass is 10.1. The fraction of sp³-hybridized carbons (Fsp3) is 0.929. The van der Waals surface area contributed by atoms with Gasteiger partial charge in [0.15, 0.2) is 5.66 Å². The second kappa shape index (κ2) is 6.27. The van der Waals surface area contributed by atoms with Gasteiger partial charge in [-0.15, -0.1) is 0 Å². The number of aliphatic hydroxyl groups excluding tert-OH is 1. The maximum Gasteiger partial charge on any atom is 0.410 e. The van der Waals surface area contributed by atoms with Crippen LogP contribution in [0.4, 0.5) is 4.79 Å². The molecule has 0 spiro atoms. The number of nitrogens with zero attached hydrogens (tertiary/aromatic N) is 4. The lowest BCUT2D eigenvalue weighted by Crippen LogP contribution is -2.50. The maximum atomic E-state index is 12.0. The third kappa shape index (κ3) is 4.93. The molecule has 0 bridgehead atoms. The number of piperazine rings is 1.